The molecule has 0 radical (unpaired) electrons. The van der Waals surface area contributed by atoms with E-state index in [0.717, 1.165) is 11.3 Å². The van der Waals surface area contributed by atoms with Gasteiger partial charge in [-0.1, -0.05) is 35.9 Å². The van der Waals surface area contributed by atoms with Gasteiger partial charge >= 0.3 is 0 Å². The van der Waals surface area contributed by atoms with Gasteiger partial charge in [0.25, 0.3) is 0 Å². The number of halogens is 2. The van der Waals surface area contributed by atoms with Gasteiger partial charge in [-0.15, -0.1) is 0 Å². The van der Waals surface area contributed by atoms with Crippen LogP contribution in [-0.4, -0.2) is 12.1 Å². The second-order valence-electron chi connectivity index (χ2n) is 6.04. The number of aromatic nitrogens is 1. The van der Waals surface area contributed by atoms with Crippen LogP contribution in [-0.2, 0) is 13.0 Å². The van der Waals surface area contributed by atoms with Crippen molar-refractivity contribution in [3.63, 3.8) is 0 Å². The van der Waals surface area contributed by atoms with Crippen LogP contribution in [0.2, 0.25) is 5.02 Å². The van der Waals surface area contributed by atoms with E-state index in [1.807, 2.05) is 36.4 Å². The number of hydrogen-bond donors (Lipinski definition) is 1. The van der Waals surface area contributed by atoms with E-state index in [4.69, 9.17) is 26.8 Å². The lowest BCUT2D eigenvalue weighted by Gasteiger charge is -2.18. The molecule has 3 rings (SSSR count). The van der Waals surface area contributed by atoms with Crippen LogP contribution in [0.15, 0.2) is 60.8 Å². The smallest absolute Gasteiger partial charge is 0.164 e. The van der Waals surface area contributed by atoms with Crippen LogP contribution in [0, 0.1) is 5.82 Å². The molecule has 1 atom stereocenters. The van der Waals surface area contributed by atoms with Crippen molar-refractivity contribution < 1.29 is 13.9 Å². The van der Waals surface area contributed by atoms with E-state index >= 15 is 0 Å². The maximum atomic E-state index is 13.2. The Labute approximate surface area is 162 Å². The Kier molecular flexibility index (Phi) is 6.27. The van der Waals surface area contributed by atoms with E-state index in [0.29, 0.717) is 28.5 Å². The predicted molar refractivity (Wildman–Crippen MR) is 104 cm³/mol. The quantitative estimate of drug-likeness (QED) is 0.639. The number of para-hydroxylation sites is 1. The number of benzene rings is 2. The summed E-state index contributed by atoms with van der Waals surface area (Å²) in [7, 11) is 1.58. The number of rotatable bonds is 7. The van der Waals surface area contributed by atoms with Crippen LogP contribution >= 0.6 is 11.6 Å². The minimum absolute atomic E-state index is 0.186. The van der Waals surface area contributed by atoms with Crippen LogP contribution in [0.1, 0.15) is 22.9 Å². The second kappa shape index (κ2) is 8.84. The molecular weight excluding hydrogens is 367 g/mol. The first kappa shape index (κ1) is 19.1. The summed E-state index contributed by atoms with van der Waals surface area (Å²) in [6.07, 6.45) is 2.25. The molecule has 0 amide bonds. The molecule has 0 saturated heterocycles. The molecule has 1 heterocycles. The van der Waals surface area contributed by atoms with Crippen molar-refractivity contribution in [3.8, 4) is 11.5 Å². The Morgan fingerprint density at radius 1 is 1.11 bits per heavy atom. The summed E-state index contributed by atoms with van der Waals surface area (Å²) in [6.45, 7) is 0.186. The number of pyridine rings is 1. The highest BCUT2D eigenvalue weighted by molar-refractivity contribution is 6.31. The third kappa shape index (κ3) is 4.76. The highest BCUT2D eigenvalue weighted by atomic mass is 35.5. The third-order valence-electron chi connectivity index (χ3n) is 4.17. The Morgan fingerprint density at radius 2 is 1.96 bits per heavy atom. The number of nitrogens with zero attached hydrogens (tertiary/aromatic N) is 1. The van der Waals surface area contributed by atoms with Gasteiger partial charge < -0.3 is 15.2 Å². The maximum Gasteiger partial charge on any atom is 0.164 e. The second-order valence-corrected chi connectivity index (χ2v) is 6.45. The molecule has 0 aliphatic rings. The van der Waals surface area contributed by atoms with Crippen LogP contribution in [0.4, 0.5) is 4.39 Å². The summed E-state index contributed by atoms with van der Waals surface area (Å²) in [5.74, 6) is 0.800. The molecule has 140 valence electrons. The molecule has 0 spiro atoms. The van der Waals surface area contributed by atoms with Crippen molar-refractivity contribution in [2.75, 3.05) is 7.11 Å². The third-order valence-corrected chi connectivity index (χ3v) is 4.53. The molecule has 2 N–H and O–H groups in total. The highest BCUT2D eigenvalue weighted by Crippen LogP contribution is 2.34. The van der Waals surface area contributed by atoms with E-state index in [1.54, 1.807) is 19.4 Å². The van der Waals surface area contributed by atoms with Gasteiger partial charge in [0.05, 0.1) is 23.9 Å². The molecule has 0 aliphatic heterocycles. The largest absolute Gasteiger partial charge is 0.493 e. The van der Waals surface area contributed by atoms with Crippen molar-refractivity contribution in [3.05, 3.63) is 88.5 Å². The predicted octanol–water partition coefficient (Wildman–Crippen LogP) is 4.70. The van der Waals surface area contributed by atoms with Gasteiger partial charge in [-0.25, -0.2) is 4.39 Å². The van der Waals surface area contributed by atoms with Gasteiger partial charge in [-0.3, -0.25) is 4.98 Å². The Hall–Kier alpha value is -2.63. The number of ether oxygens (including phenoxy) is 2. The number of hydrogen-bond acceptors (Lipinski definition) is 4. The standard InChI is InChI=1S/C21H20ClFN2O2/c1-26-20-7-4-5-14(11-18(24)19-6-2-3-10-25-19)21(20)27-13-15-8-9-16(23)12-17(15)22/h2-10,12,18H,11,13,24H2,1H3. The lowest BCUT2D eigenvalue weighted by atomic mass is 10.0. The zero-order valence-electron chi connectivity index (χ0n) is 14.9. The first-order valence-corrected chi connectivity index (χ1v) is 8.85. The molecule has 0 fully saturated rings. The molecule has 6 heteroatoms. The molecule has 27 heavy (non-hydrogen) atoms. The summed E-state index contributed by atoms with van der Waals surface area (Å²) in [6, 6.07) is 15.2. The van der Waals surface area contributed by atoms with Gasteiger partial charge in [-0.05, 0) is 42.3 Å². The van der Waals surface area contributed by atoms with Crippen molar-refractivity contribution in [2.45, 2.75) is 19.1 Å². The number of methoxy groups -OCH3 is 1. The molecular formula is C21H20ClFN2O2. The summed E-state index contributed by atoms with van der Waals surface area (Å²) < 4.78 is 24.7. The maximum absolute atomic E-state index is 13.2. The lowest BCUT2D eigenvalue weighted by molar-refractivity contribution is 0.280. The molecule has 3 aromatic rings. The number of nitrogens with two attached hydrogens (primary N) is 1. The lowest BCUT2D eigenvalue weighted by Crippen LogP contribution is -2.15. The Morgan fingerprint density at radius 3 is 2.67 bits per heavy atom. The van der Waals surface area contributed by atoms with E-state index in [9.17, 15) is 4.39 Å². The van der Waals surface area contributed by atoms with Gasteiger partial charge in [0.2, 0.25) is 0 Å². The molecule has 1 unspecified atom stereocenters. The van der Waals surface area contributed by atoms with Gasteiger partial charge in [-0.2, -0.15) is 0 Å². The molecule has 0 saturated carbocycles. The summed E-state index contributed by atoms with van der Waals surface area (Å²) >= 11 is 6.09. The van der Waals surface area contributed by atoms with Crippen LogP contribution < -0.4 is 15.2 Å². The van der Waals surface area contributed by atoms with Crippen molar-refractivity contribution in [2.24, 2.45) is 5.73 Å². The summed E-state index contributed by atoms with van der Waals surface area (Å²) in [5, 5.41) is 0.316. The molecule has 1 aromatic heterocycles. The zero-order valence-corrected chi connectivity index (χ0v) is 15.6. The molecule has 4 nitrogen and oxygen atoms in total. The fraction of sp³-hybridized carbons (Fsp3) is 0.190. The van der Waals surface area contributed by atoms with Crippen LogP contribution in [0.5, 0.6) is 11.5 Å². The topological polar surface area (TPSA) is 57.4 Å². The first-order valence-electron chi connectivity index (χ1n) is 8.47. The van der Waals surface area contributed by atoms with Crippen molar-refractivity contribution in [1.29, 1.82) is 0 Å². The van der Waals surface area contributed by atoms with Gasteiger partial charge in [0.1, 0.15) is 12.4 Å². The summed E-state index contributed by atoms with van der Waals surface area (Å²) in [5.41, 5.74) is 8.69. The zero-order chi connectivity index (χ0) is 19.2. The van der Waals surface area contributed by atoms with Crippen LogP contribution in [0.3, 0.4) is 0 Å². The normalized spacial score (nSPS) is 11.9. The Balaban J connectivity index is 1.83. The average Bonchev–Trinajstić information content (AvgIpc) is 2.68. The monoisotopic (exact) mass is 386 g/mol. The van der Waals surface area contributed by atoms with E-state index in [-0.39, 0.29) is 18.5 Å². The van der Waals surface area contributed by atoms with Gasteiger partial charge in [0.15, 0.2) is 11.5 Å². The summed E-state index contributed by atoms with van der Waals surface area (Å²) in [4.78, 5) is 4.31. The first-order chi connectivity index (χ1) is 13.1. The van der Waals surface area contributed by atoms with Crippen LogP contribution in [0.25, 0.3) is 0 Å². The van der Waals surface area contributed by atoms with E-state index < -0.39 is 0 Å². The molecule has 0 aliphatic carbocycles. The fourth-order valence-electron chi connectivity index (χ4n) is 2.77. The van der Waals surface area contributed by atoms with Gasteiger partial charge in [0, 0.05) is 11.8 Å². The van der Waals surface area contributed by atoms with E-state index in [2.05, 4.69) is 4.98 Å². The fourth-order valence-corrected chi connectivity index (χ4v) is 2.99. The minimum Gasteiger partial charge on any atom is -0.493 e. The van der Waals surface area contributed by atoms with Crippen molar-refractivity contribution >= 4 is 11.6 Å². The molecule has 0 bridgehead atoms. The minimum atomic E-state index is -0.386. The SMILES string of the molecule is COc1cccc(CC(N)c2ccccn2)c1OCc1ccc(F)cc1Cl. The highest BCUT2D eigenvalue weighted by Gasteiger charge is 2.16. The van der Waals surface area contributed by atoms with Crippen molar-refractivity contribution in [1.82, 2.24) is 4.98 Å². The molecule has 2 aromatic carbocycles. The average molecular weight is 387 g/mol. The Bertz CT molecular complexity index is 906. The van der Waals surface area contributed by atoms with E-state index in [1.165, 1.54) is 12.1 Å².